The molecule has 1 unspecified atom stereocenters. The van der Waals surface area contributed by atoms with Crippen LogP contribution in [0.15, 0.2) is 82.7 Å². The fourth-order valence-electron chi connectivity index (χ4n) is 4.01. The zero-order chi connectivity index (χ0) is 22.5. The van der Waals surface area contributed by atoms with E-state index in [-0.39, 0.29) is 17.2 Å². The molecule has 0 saturated heterocycles. The Morgan fingerprint density at radius 3 is 2.50 bits per heavy atom. The first kappa shape index (κ1) is 20.6. The summed E-state index contributed by atoms with van der Waals surface area (Å²) in [5, 5.41) is 9.88. The third kappa shape index (κ3) is 3.35. The molecule has 4 aromatic rings. The molecule has 0 aliphatic carbocycles. The lowest BCUT2D eigenvalue weighted by atomic mass is 10.0. The highest BCUT2D eigenvalue weighted by atomic mass is 32.2. The van der Waals surface area contributed by atoms with Crippen molar-refractivity contribution in [2.24, 2.45) is 7.05 Å². The fraction of sp³-hybridized carbons (Fsp3) is 0.125. The Balaban J connectivity index is 1.61. The number of nitriles is 1. The van der Waals surface area contributed by atoms with Crippen LogP contribution in [0.25, 0.3) is 22.0 Å². The zero-order valence-corrected chi connectivity index (χ0v) is 18.9. The smallest absolute Gasteiger partial charge is 0.264 e. The number of hydrogen-bond acceptors (Lipinski definition) is 4. The predicted molar refractivity (Wildman–Crippen MR) is 125 cm³/mol. The van der Waals surface area contributed by atoms with Gasteiger partial charge in [-0.05, 0) is 76.9 Å². The standard InChI is InChI=1S/C24H19N3O3S2/c1-26-11-10-20-14-21(7-8-22(20)26)32(29,30)27-12-13-31(28)24-9-6-19(15-23(24)27)18-4-2-17(16-25)3-5-18/h2-11,14-15H,12-13H2,1H3. The van der Waals surface area contributed by atoms with Crippen molar-refractivity contribution in [2.45, 2.75) is 9.79 Å². The van der Waals surface area contributed by atoms with Gasteiger partial charge in [0.15, 0.2) is 4.90 Å². The summed E-state index contributed by atoms with van der Waals surface area (Å²) >= 11 is -1.27. The van der Waals surface area contributed by atoms with Crippen LogP contribution in [-0.4, -0.2) is 29.8 Å². The van der Waals surface area contributed by atoms with Crippen molar-refractivity contribution in [3.63, 3.8) is 0 Å². The van der Waals surface area contributed by atoms with E-state index in [1.165, 1.54) is 4.31 Å². The van der Waals surface area contributed by atoms with Crippen molar-refractivity contribution in [3.8, 4) is 17.2 Å². The predicted octanol–water partition coefficient (Wildman–Crippen LogP) is 4.03. The van der Waals surface area contributed by atoms with Crippen molar-refractivity contribution in [1.82, 2.24) is 4.57 Å². The summed E-state index contributed by atoms with van der Waals surface area (Å²) in [5.74, 6) is 0.246. The molecule has 6 nitrogen and oxygen atoms in total. The number of nitrogens with zero attached hydrogens (tertiary/aromatic N) is 3. The quantitative estimate of drug-likeness (QED) is 0.431. The van der Waals surface area contributed by atoms with Gasteiger partial charge in [0.25, 0.3) is 10.0 Å². The minimum atomic E-state index is -3.84. The Hall–Kier alpha value is -3.25. The summed E-state index contributed by atoms with van der Waals surface area (Å²) in [4.78, 5) is 0.719. The van der Waals surface area contributed by atoms with E-state index in [0.717, 1.165) is 22.0 Å². The molecule has 32 heavy (non-hydrogen) atoms. The lowest BCUT2D eigenvalue weighted by Gasteiger charge is -2.31. The van der Waals surface area contributed by atoms with Gasteiger partial charge in [-0.25, -0.2) is 8.42 Å². The van der Waals surface area contributed by atoms with Crippen LogP contribution in [0.2, 0.25) is 0 Å². The Labute approximate surface area is 189 Å². The molecule has 1 atom stereocenters. The second-order valence-electron chi connectivity index (χ2n) is 7.65. The van der Waals surface area contributed by atoms with Crippen molar-refractivity contribution < 1.29 is 13.0 Å². The lowest BCUT2D eigenvalue weighted by molar-refractivity contribution is 0.583. The van der Waals surface area contributed by atoms with E-state index in [2.05, 4.69) is 6.07 Å². The summed E-state index contributed by atoms with van der Waals surface area (Å²) in [6, 6.07) is 21.5. The van der Waals surface area contributed by atoms with E-state index in [0.29, 0.717) is 16.1 Å². The molecule has 0 bridgehead atoms. The molecule has 0 amide bonds. The van der Waals surface area contributed by atoms with E-state index < -0.39 is 21.2 Å². The van der Waals surface area contributed by atoms with E-state index in [1.807, 2.05) is 42.1 Å². The fourth-order valence-corrected chi connectivity index (χ4v) is 6.89. The molecule has 0 saturated carbocycles. The Kier molecular flexibility index (Phi) is 4.97. The molecular formula is C24H19N3O3S2. The summed E-state index contributed by atoms with van der Waals surface area (Å²) in [7, 11) is -1.93. The van der Waals surface area contributed by atoms with Gasteiger partial charge in [0, 0.05) is 24.1 Å². The van der Waals surface area contributed by atoms with Gasteiger partial charge in [0.1, 0.15) is 11.4 Å². The zero-order valence-electron chi connectivity index (χ0n) is 17.2. The molecule has 5 rings (SSSR count). The second kappa shape index (κ2) is 7.71. The Morgan fingerprint density at radius 1 is 1.00 bits per heavy atom. The number of hydrogen-bond donors (Lipinski definition) is 0. The highest BCUT2D eigenvalue weighted by molar-refractivity contribution is 7.94. The monoisotopic (exact) mass is 461 g/mol. The number of benzene rings is 3. The van der Waals surface area contributed by atoms with Gasteiger partial charge >= 0.3 is 0 Å². The SMILES string of the molecule is Cn1ccc2cc(S(=O)(=O)N3CC[S+]([O-])c4ccc(-c5ccc(C#N)cc5)cc43)ccc21. The number of fused-ring (bicyclic) bond motifs is 2. The maximum Gasteiger partial charge on any atom is 0.264 e. The largest absolute Gasteiger partial charge is 0.611 e. The Bertz CT molecular complexity index is 1490. The third-order valence-corrected chi connectivity index (χ3v) is 8.94. The van der Waals surface area contributed by atoms with E-state index >= 15 is 0 Å². The average molecular weight is 462 g/mol. The van der Waals surface area contributed by atoms with Gasteiger partial charge in [0.05, 0.1) is 23.1 Å². The van der Waals surface area contributed by atoms with Crippen LogP contribution < -0.4 is 4.31 Å². The highest BCUT2D eigenvalue weighted by Gasteiger charge is 2.35. The maximum absolute atomic E-state index is 13.6. The summed E-state index contributed by atoms with van der Waals surface area (Å²) in [5.41, 5.74) is 3.59. The first-order chi connectivity index (χ1) is 15.4. The summed E-state index contributed by atoms with van der Waals surface area (Å²) in [6.45, 7) is 0.144. The van der Waals surface area contributed by atoms with Crippen LogP contribution in [0.5, 0.6) is 0 Å². The van der Waals surface area contributed by atoms with Crippen LogP contribution in [0.3, 0.4) is 0 Å². The van der Waals surface area contributed by atoms with Gasteiger partial charge in [-0.1, -0.05) is 12.1 Å². The van der Waals surface area contributed by atoms with Crippen molar-refractivity contribution in [2.75, 3.05) is 16.6 Å². The number of sulfonamides is 1. The molecule has 8 heteroatoms. The second-order valence-corrected chi connectivity index (χ2v) is 11.0. The van der Waals surface area contributed by atoms with Crippen LogP contribution in [-0.2, 0) is 28.2 Å². The van der Waals surface area contributed by atoms with Crippen molar-refractivity contribution >= 4 is 37.8 Å². The molecule has 160 valence electrons. The average Bonchev–Trinajstić information content (AvgIpc) is 3.19. The van der Waals surface area contributed by atoms with Gasteiger partial charge in [-0.3, -0.25) is 4.31 Å². The van der Waals surface area contributed by atoms with Gasteiger partial charge < -0.3 is 9.12 Å². The van der Waals surface area contributed by atoms with Gasteiger partial charge in [0.2, 0.25) is 0 Å². The first-order valence-electron chi connectivity index (χ1n) is 9.99. The van der Waals surface area contributed by atoms with Gasteiger partial charge in [-0.15, -0.1) is 0 Å². The van der Waals surface area contributed by atoms with Crippen LogP contribution in [0.4, 0.5) is 5.69 Å². The molecule has 2 heterocycles. The third-order valence-electron chi connectivity index (χ3n) is 5.74. The van der Waals surface area contributed by atoms with Crippen LogP contribution in [0.1, 0.15) is 5.56 Å². The minimum absolute atomic E-state index is 0.144. The van der Waals surface area contributed by atoms with Crippen LogP contribution >= 0.6 is 0 Å². The number of rotatable bonds is 3. The molecule has 1 aromatic heterocycles. The van der Waals surface area contributed by atoms with E-state index in [1.54, 1.807) is 42.5 Å². The topological polar surface area (TPSA) is 89.2 Å². The van der Waals surface area contributed by atoms with Crippen LogP contribution in [0, 0.1) is 11.3 Å². The first-order valence-corrected chi connectivity index (χ1v) is 12.8. The number of anilines is 1. The molecule has 1 aliphatic rings. The highest BCUT2D eigenvalue weighted by Crippen LogP contribution is 2.38. The molecule has 0 N–H and O–H groups in total. The number of aromatic nitrogens is 1. The van der Waals surface area contributed by atoms with E-state index in [9.17, 15) is 13.0 Å². The molecule has 0 spiro atoms. The normalized spacial score (nSPS) is 16.0. The molecule has 1 aliphatic heterocycles. The van der Waals surface area contributed by atoms with Gasteiger partial charge in [-0.2, -0.15) is 5.26 Å². The lowest BCUT2D eigenvalue weighted by Crippen LogP contribution is -2.39. The van der Waals surface area contributed by atoms with E-state index in [4.69, 9.17) is 5.26 Å². The van der Waals surface area contributed by atoms with Crippen molar-refractivity contribution in [1.29, 1.82) is 5.26 Å². The minimum Gasteiger partial charge on any atom is -0.611 e. The molecule has 3 aromatic carbocycles. The van der Waals surface area contributed by atoms with Crippen molar-refractivity contribution in [3.05, 3.63) is 78.5 Å². The Morgan fingerprint density at radius 2 is 1.75 bits per heavy atom. The maximum atomic E-state index is 13.6. The summed E-state index contributed by atoms with van der Waals surface area (Å²) < 4.78 is 43.2. The molecule has 0 fully saturated rings. The summed E-state index contributed by atoms with van der Waals surface area (Å²) in [6.07, 6.45) is 1.89. The molecule has 0 radical (unpaired) electrons. The molecular weight excluding hydrogens is 442 g/mol. The number of aryl methyl sites for hydroxylation is 1.